The number of amides is 2. The van der Waals surface area contributed by atoms with Gasteiger partial charge < -0.3 is 9.80 Å². The quantitative estimate of drug-likeness (QED) is 0.937. The van der Waals surface area contributed by atoms with Gasteiger partial charge >= 0.3 is 6.03 Å². The lowest BCUT2D eigenvalue weighted by atomic mass is 10.1. The van der Waals surface area contributed by atoms with Crippen LogP contribution in [-0.2, 0) is 13.5 Å². The zero-order chi connectivity index (χ0) is 17.1. The first-order chi connectivity index (χ1) is 11.6. The van der Waals surface area contributed by atoms with Crippen LogP contribution < -0.4 is 10.2 Å². The minimum Gasteiger partial charge on any atom is -0.368 e. The second-order valence-electron chi connectivity index (χ2n) is 6.08. The van der Waals surface area contributed by atoms with Crippen molar-refractivity contribution in [3.8, 4) is 0 Å². The average Bonchev–Trinajstić information content (AvgIpc) is 2.94. The van der Waals surface area contributed by atoms with Crippen molar-refractivity contribution in [2.45, 2.75) is 26.3 Å². The Kier molecular flexibility index (Phi) is 4.69. The third kappa shape index (κ3) is 3.34. The molecule has 3 rings (SSSR count). The first-order valence-electron chi connectivity index (χ1n) is 8.36. The third-order valence-corrected chi connectivity index (χ3v) is 4.40. The Morgan fingerprint density at radius 1 is 1.29 bits per heavy atom. The lowest BCUT2D eigenvalue weighted by molar-refractivity contribution is 0.184. The first-order valence-corrected chi connectivity index (χ1v) is 8.36. The van der Waals surface area contributed by atoms with Crippen molar-refractivity contribution < 1.29 is 4.79 Å². The Labute approximate surface area is 142 Å². The van der Waals surface area contributed by atoms with Gasteiger partial charge in [-0.3, -0.25) is 10.00 Å². The van der Waals surface area contributed by atoms with Gasteiger partial charge in [-0.15, -0.1) is 5.10 Å². The van der Waals surface area contributed by atoms with Crippen molar-refractivity contribution in [3.63, 3.8) is 0 Å². The highest BCUT2D eigenvalue weighted by Gasteiger charge is 2.28. The Morgan fingerprint density at radius 3 is 2.67 bits per heavy atom. The summed E-state index contributed by atoms with van der Waals surface area (Å²) in [6.45, 7) is 6.39. The van der Waals surface area contributed by atoms with E-state index in [4.69, 9.17) is 0 Å². The SMILES string of the molecule is CCc1nc(NC(=O)N2CCN(c3ccccc3)CC2C)nn1C. The fraction of sp³-hybridized carbons (Fsp3) is 0.471. The van der Waals surface area contributed by atoms with E-state index >= 15 is 0 Å². The molecule has 1 aliphatic heterocycles. The molecule has 7 heteroatoms. The zero-order valence-corrected chi connectivity index (χ0v) is 14.4. The van der Waals surface area contributed by atoms with Gasteiger partial charge in [-0.05, 0) is 19.1 Å². The topological polar surface area (TPSA) is 66.3 Å². The van der Waals surface area contributed by atoms with E-state index in [0.29, 0.717) is 12.5 Å². The molecule has 2 amide bonds. The Balaban J connectivity index is 1.62. The number of urea groups is 1. The lowest BCUT2D eigenvalue weighted by Gasteiger charge is -2.40. The van der Waals surface area contributed by atoms with Crippen molar-refractivity contribution in [2.75, 3.05) is 29.9 Å². The second kappa shape index (κ2) is 6.90. The van der Waals surface area contributed by atoms with Gasteiger partial charge in [0.05, 0.1) is 0 Å². The second-order valence-corrected chi connectivity index (χ2v) is 6.08. The molecule has 1 unspecified atom stereocenters. The summed E-state index contributed by atoms with van der Waals surface area (Å²) in [5.74, 6) is 1.23. The minimum absolute atomic E-state index is 0.119. The van der Waals surface area contributed by atoms with Crippen LogP contribution in [0.3, 0.4) is 0 Å². The summed E-state index contributed by atoms with van der Waals surface area (Å²) in [6.07, 6.45) is 0.783. The number of carbonyl (C=O) groups is 1. The molecular weight excluding hydrogens is 304 g/mol. The maximum atomic E-state index is 12.5. The van der Waals surface area contributed by atoms with Gasteiger partial charge in [0.15, 0.2) is 0 Å². The number of anilines is 2. The third-order valence-electron chi connectivity index (χ3n) is 4.40. The van der Waals surface area contributed by atoms with E-state index in [1.807, 2.05) is 37.1 Å². The Bertz CT molecular complexity index is 698. The molecule has 7 nitrogen and oxygen atoms in total. The number of hydrogen-bond donors (Lipinski definition) is 1. The number of rotatable bonds is 3. The van der Waals surface area contributed by atoms with Crippen LogP contribution in [0.1, 0.15) is 19.7 Å². The minimum atomic E-state index is -0.136. The van der Waals surface area contributed by atoms with Crippen LogP contribution in [0.4, 0.5) is 16.4 Å². The number of aryl methyl sites for hydroxylation is 2. The fourth-order valence-electron chi connectivity index (χ4n) is 3.08. The highest BCUT2D eigenvalue weighted by Crippen LogP contribution is 2.19. The van der Waals surface area contributed by atoms with E-state index in [2.05, 4.69) is 39.4 Å². The summed E-state index contributed by atoms with van der Waals surface area (Å²) < 4.78 is 1.70. The molecule has 0 aliphatic carbocycles. The molecule has 0 bridgehead atoms. The molecule has 2 heterocycles. The molecule has 1 fully saturated rings. The summed E-state index contributed by atoms with van der Waals surface area (Å²) in [4.78, 5) is 21.0. The van der Waals surface area contributed by atoms with Crippen LogP contribution >= 0.6 is 0 Å². The number of carbonyl (C=O) groups excluding carboxylic acids is 1. The van der Waals surface area contributed by atoms with Crippen molar-refractivity contribution in [1.82, 2.24) is 19.7 Å². The van der Waals surface area contributed by atoms with Crippen LogP contribution in [0, 0.1) is 0 Å². The maximum Gasteiger partial charge on any atom is 0.324 e. The van der Waals surface area contributed by atoms with E-state index in [1.54, 1.807) is 4.68 Å². The molecule has 1 aliphatic rings. The number of piperazine rings is 1. The highest BCUT2D eigenvalue weighted by atomic mass is 16.2. The number of para-hydroxylation sites is 1. The van der Waals surface area contributed by atoms with Gasteiger partial charge in [0, 0.05) is 44.8 Å². The van der Waals surface area contributed by atoms with Gasteiger partial charge in [0.1, 0.15) is 5.82 Å². The van der Waals surface area contributed by atoms with E-state index in [-0.39, 0.29) is 12.1 Å². The predicted molar refractivity (Wildman–Crippen MR) is 94.2 cm³/mol. The summed E-state index contributed by atoms with van der Waals surface area (Å²) >= 11 is 0. The van der Waals surface area contributed by atoms with E-state index in [0.717, 1.165) is 25.3 Å². The number of nitrogens with zero attached hydrogens (tertiary/aromatic N) is 5. The monoisotopic (exact) mass is 328 g/mol. The summed E-state index contributed by atoms with van der Waals surface area (Å²) in [6, 6.07) is 10.3. The van der Waals surface area contributed by atoms with Crippen molar-refractivity contribution >= 4 is 17.7 Å². The molecule has 0 spiro atoms. The molecule has 24 heavy (non-hydrogen) atoms. The molecule has 1 aromatic heterocycles. The van der Waals surface area contributed by atoms with Gasteiger partial charge in [-0.1, -0.05) is 25.1 Å². The van der Waals surface area contributed by atoms with E-state index < -0.39 is 0 Å². The Morgan fingerprint density at radius 2 is 2.04 bits per heavy atom. The fourth-order valence-corrected chi connectivity index (χ4v) is 3.08. The molecule has 0 saturated carbocycles. The standard InChI is InChI=1S/C17H24N6O/c1-4-15-18-16(20-21(15)3)19-17(24)23-11-10-22(12-13(23)2)14-8-6-5-7-9-14/h5-9,13H,4,10-12H2,1-3H3,(H,19,20,24). The average molecular weight is 328 g/mol. The van der Waals surface area contributed by atoms with Crippen LogP contribution in [0.2, 0.25) is 0 Å². The molecular formula is C17H24N6O. The highest BCUT2D eigenvalue weighted by molar-refractivity contribution is 5.87. The van der Waals surface area contributed by atoms with Crippen LogP contribution in [-0.4, -0.2) is 51.4 Å². The van der Waals surface area contributed by atoms with Crippen molar-refractivity contribution in [3.05, 3.63) is 36.2 Å². The van der Waals surface area contributed by atoms with Gasteiger partial charge in [0.25, 0.3) is 0 Å². The molecule has 0 radical (unpaired) electrons. The Hall–Kier alpha value is -2.57. The molecule has 1 atom stereocenters. The number of aromatic nitrogens is 3. The maximum absolute atomic E-state index is 12.5. The predicted octanol–water partition coefficient (Wildman–Crippen LogP) is 2.12. The molecule has 1 N–H and O–H groups in total. The number of nitrogens with one attached hydrogen (secondary N) is 1. The number of benzene rings is 1. The van der Waals surface area contributed by atoms with Gasteiger partial charge in [0.2, 0.25) is 5.95 Å². The summed E-state index contributed by atoms with van der Waals surface area (Å²) in [5, 5.41) is 7.06. The first kappa shape index (κ1) is 16.3. The van der Waals surface area contributed by atoms with Gasteiger partial charge in [-0.2, -0.15) is 4.98 Å². The van der Waals surface area contributed by atoms with E-state index in [9.17, 15) is 4.79 Å². The van der Waals surface area contributed by atoms with E-state index in [1.165, 1.54) is 5.69 Å². The molecule has 2 aromatic rings. The zero-order valence-electron chi connectivity index (χ0n) is 14.4. The van der Waals surface area contributed by atoms with Gasteiger partial charge in [-0.25, -0.2) is 4.79 Å². The van der Waals surface area contributed by atoms with Crippen LogP contribution in [0.15, 0.2) is 30.3 Å². The number of hydrogen-bond acceptors (Lipinski definition) is 4. The lowest BCUT2D eigenvalue weighted by Crippen LogP contribution is -2.55. The summed E-state index contributed by atoms with van der Waals surface area (Å²) in [7, 11) is 1.84. The van der Waals surface area contributed by atoms with Crippen LogP contribution in [0.5, 0.6) is 0 Å². The van der Waals surface area contributed by atoms with Crippen LogP contribution in [0.25, 0.3) is 0 Å². The summed E-state index contributed by atoms with van der Waals surface area (Å²) in [5.41, 5.74) is 1.20. The smallest absolute Gasteiger partial charge is 0.324 e. The van der Waals surface area contributed by atoms with Crippen molar-refractivity contribution in [1.29, 1.82) is 0 Å². The molecule has 1 aromatic carbocycles. The normalized spacial score (nSPS) is 17.9. The molecule has 128 valence electrons. The largest absolute Gasteiger partial charge is 0.368 e. The van der Waals surface area contributed by atoms with Crippen molar-refractivity contribution in [2.24, 2.45) is 7.05 Å². The molecule has 1 saturated heterocycles.